The van der Waals surface area contributed by atoms with Gasteiger partial charge in [-0.3, -0.25) is 0 Å². The molecule has 0 aliphatic heterocycles. The van der Waals surface area contributed by atoms with Crippen LogP contribution >= 0.6 is 11.3 Å². The third kappa shape index (κ3) is 2.08. The van der Waals surface area contributed by atoms with Crippen molar-refractivity contribution in [1.82, 2.24) is 14.6 Å². The van der Waals surface area contributed by atoms with Crippen molar-refractivity contribution in [3.63, 3.8) is 0 Å². The summed E-state index contributed by atoms with van der Waals surface area (Å²) in [6, 6.07) is 8.01. The first kappa shape index (κ1) is 11.9. The molecule has 4 nitrogen and oxygen atoms in total. The lowest BCUT2D eigenvalue weighted by Gasteiger charge is -2.04. The van der Waals surface area contributed by atoms with Gasteiger partial charge in [-0.15, -0.1) is 16.4 Å². The van der Waals surface area contributed by atoms with Gasteiger partial charge >= 0.3 is 0 Å². The van der Waals surface area contributed by atoms with Gasteiger partial charge in [-0.2, -0.15) is 0 Å². The van der Waals surface area contributed by atoms with Crippen LogP contribution in [0, 0.1) is 12.8 Å². The Hall–Kier alpha value is -1.88. The van der Waals surface area contributed by atoms with Gasteiger partial charge in [0.1, 0.15) is 5.69 Å². The standard InChI is InChI=1S/C15H15N3OS/c1-10-15(12-3-2-8-20-12)16-13-6-7-14(17-18(10)13)19-9-11-4-5-11/h2-3,6-8,11H,4-5,9H2,1H3. The molecule has 3 heterocycles. The number of aromatic nitrogens is 3. The Labute approximate surface area is 121 Å². The number of thiophene rings is 1. The summed E-state index contributed by atoms with van der Waals surface area (Å²) in [6.45, 7) is 2.83. The Bertz CT molecular complexity index is 744. The molecule has 1 fully saturated rings. The van der Waals surface area contributed by atoms with Gasteiger partial charge in [0, 0.05) is 6.07 Å². The molecule has 0 bridgehead atoms. The highest BCUT2D eigenvalue weighted by Crippen LogP contribution is 2.30. The second kappa shape index (κ2) is 4.59. The van der Waals surface area contributed by atoms with Crippen LogP contribution in [0.5, 0.6) is 5.88 Å². The Balaban J connectivity index is 1.71. The van der Waals surface area contributed by atoms with E-state index in [2.05, 4.69) is 21.5 Å². The predicted molar refractivity (Wildman–Crippen MR) is 79.3 cm³/mol. The van der Waals surface area contributed by atoms with Crippen LogP contribution in [0.25, 0.3) is 16.2 Å². The average Bonchev–Trinajstić information content (AvgIpc) is 3.02. The molecule has 0 unspecified atom stereocenters. The fourth-order valence-corrected chi connectivity index (χ4v) is 3.00. The maximum atomic E-state index is 5.74. The van der Waals surface area contributed by atoms with Crippen molar-refractivity contribution >= 4 is 17.0 Å². The van der Waals surface area contributed by atoms with Crippen molar-refractivity contribution in [2.45, 2.75) is 19.8 Å². The molecule has 0 N–H and O–H groups in total. The lowest BCUT2D eigenvalue weighted by molar-refractivity contribution is 0.284. The number of ether oxygens (including phenoxy) is 1. The second-order valence-electron chi connectivity index (χ2n) is 5.22. The first-order valence-electron chi connectivity index (χ1n) is 6.84. The molecule has 1 saturated carbocycles. The van der Waals surface area contributed by atoms with Gasteiger partial charge in [0.2, 0.25) is 5.88 Å². The lowest BCUT2D eigenvalue weighted by Crippen LogP contribution is -2.03. The highest BCUT2D eigenvalue weighted by molar-refractivity contribution is 7.13. The molecule has 0 saturated heterocycles. The summed E-state index contributed by atoms with van der Waals surface area (Å²) in [5.74, 6) is 1.42. The van der Waals surface area contributed by atoms with Crippen LogP contribution in [0.2, 0.25) is 0 Å². The maximum absolute atomic E-state index is 5.74. The van der Waals surface area contributed by atoms with Crippen LogP contribution in [-0.2, 0) is 0 Å². The molecule has 0 aromatic carbocycles. The van der Waals surface area contributed by atoms with E-state index in [1.807, 2.05) is 29.6 Å². The number of hydrogen-bond acceptors (Lipinski definition) is 4. The van der Waals surface area contributed by atoms with E-state index in [4.69, 9.17) is 4.74 Å². The van der Waals surface area contributed by atoms with E-state index in [0.29, 0.717) is 5.88 Å². The van der Waals surface area contributed by atoms with Crippen LogP contribution in [0.3, 0.4) is 0 Å². The first-order valence-corrected chi connectivity index (χ1v) is 7.72. The minimum Gasteiger partial charge on any atom is -0.476 e. The highest BCUT2D eigenvalue weighted by Gasteiger charge is 2.22. The van der Waals surface area contributed by atoms with Crippen LogP contribution in [0.15, 0.2) is 29.6 Å². The average molecular weight is 285 g/mol. The van der Waals surface area contributed by atoms with Crippen molar-refractivity contribution < 1.29 is 4.74 Å². The van der Waals surface area contributed by atoms with Crippen LogP contribution in [-0.4, -0.2) is 21.2 Å². The van der Waals surface area contributed by atoms with Crippen molar-refractivity contribution in [2.75, 3.05) is 6.61 Å². The smallest absolute Gasteiger partial charge is 0.231 e. The molecule has 102 valence electrons. The van der Waals surface area contributed by atoms with E-state index in [1.165, 1.54) is 17.7 Å². The Kier molecular flexibility index (Phi) is 2.73. The zero-order valence-corrected chi connectivity index (χ0v) is 12.1. The van der Waals surface area contributed by atoms with Crippen LogP contribution in [0.1, 0.15) is 18.5 Å². The molecule has 4 rings (SSSR count). The van der Waals surface area contributed by atoms with Gasteiger partial charge < -0.3 is 4.74 Å². The third-order valence-electron chi connectivity index (χ3n) is 3.60. The van der Waals surface area contributed by atoms with E-state index < -0.39 is 0 Å². The number of rotatable bonds is 4. The van der Waals surface area contributed by atoms with E-state index >= 15 is 0 Å². The second-order valence-corrected chi connectivity index (χ2v) is 6.17. The van der Waals surface area contributed by atoms with Gasteiger partial charge in [-0.25, -0.2) is 9.50 Å². The molecule has 0 spiro atoms. The quantitative estimate of drug-likeness (QED) is 0.736. The largest absolute Gasteiger partial charge is 0.476 e. The minimum atomic E-state index is 0.683. The summed E-state index contributed by atoms with van der Waals surface area (Å²) >= 11 is 1.70. The van der Waals surface area contributed by atoms with Crippen molar-refractivity contribution in [1.29, 1.82) is 0 Å². The highest BCUT2D eigenvalue weighted by atomic mass is 32.1. The molecule has 3 aromatic heterocycles. The predicted octanol–water partition coefficient (Wildman–Crippen LogP) is 3.56. The summed E-state index contributed by atoms with van der Waals surface area (Å²) < 4.78 is 7.61. The summed E-state index contributed by atoms with van der Waals surface area (Å²) in [5.41, 5.74) is 2.93. The summed E-state index contributed by atoms with van der Waals surface area (Å²) in [6.07, 6.45) is 2.57. The summed E-state index contributed by atoms with van der Waals surface area (Å²) in [5, 5.41) is 6.61. The number of aryl methyl sites for hydroxylation is 1. The zero-order valence-electron chi connectivity index (χ0n) is 11.2. The number of hydrogen-bond donors (Lipinski definition) is 0. The molecule has 5 heteroatoms. The monoisotopic (exact) mass is 285 g/mol. The minimum absolute atomic E-state index is 0.683. The fourth-order valence-electron chi connectivity index (χ4n) is 2.24. The summed E-state index contributed by atoms with van der Waals surface area (Å²) in [4.78, 5) is 5.83. The molecule has 0 amide bonds. The Morgan fingerprint density at radius 3 is 3.00 bits per heavy atom. The lowest BCUT2D eigenvalue weighted by atomic mass is 10.3. The first-order chi connectivity index (χ1) is 9.81. The molecule has 3 aromatic rings. The van der Waals surface area contributed by atoms with E-state index in [1.54, 1.807) is 11.3 Å². The molecule has 0 atom stereocenters. The van der Waals surface area contributed by atoms with E-state index in [-0.39, 0.29) is 0 Å². The molecule has 20 heavy (non-hydrogen) atoms. The fraction of sp³-hybridized carbons (Fsp3) is 0.333. The molecule has 1 aliphatic carbocycles. The van der Waals surface area contributed by atoms with Gasteiger partial charge in [0.25, 0.3) is 0 Å². The number of nitrogens with zero attached hydrogens (tertiary/aromatic N) is 3. The third-order valence-corrected chi connectivity index (χ3v) is 4.47. The van der Waals surface area contributed by atoms with Crippen LogP contribution < -0.4 is 4.74 Å². The van der Waals surface area contributed by atoms with Gasteiger partial charge in [0.15, 0.2) is 5.65 Å². The van der Waals surface area contributed by atoms with Crippen molar-refractivity contribution in [3.05, 3.63) is 35.3 Å². The molecule has 1 aliphatic rings. The van der Waals surface area contributed by atoms with Crippen LogP contribution in [0.4, 0.5) is 0 Å². The maximum Gasteiger partial charge on any atom is 0.231 e. The van der Waals surface area contributed by atoms with Crippen molar-refractivity contribution in [2.24, 2.45) is 5.92 Å². The van der Waals surface area contributed by atoms with Gasteiger partial charge in [-0.05, 0) is 43.2 Å². The Morgan fingerprint density at radius 1 is 1.35 bits per heavy atom. The molecular weight excluding hydrogens is 270 g/mol. The zero-order chi connectivity index (χ0) is 13.5. The van der Waals surface area contributed by atoms with Gasteiger partial charge in [0.05, 0.1) is 17.2 Å². The normalized spacial score (nSPS) is 14.8. The number of fused-ring (bicyclic) bond motifs is 1. The molecule has 0 radical (unpaired) electrons. The van der Waals surface area contributed by atoms with E-state index in [9.17, 15) is 0 Å². The summed E-state index contributed by atoms with van der Waals surface area (Å²) in [7, 11) is 0. The SMILES string of the molecule is Cc1c(-c2cccs2)nc2ccc(OCC3CC3)nn12. The van der Waals surface area contributed by atoms with E-state index in [0.717, 1.165) is 29.6 Å². The Morgan fingerprint density at radius 2 is 2.25 bits per heavy atom. The van der Waals surface area contributed by atoms with Gasteiger partial charge in [-0.1, -0.05) is 6.07 Å². The topological polar surface area (TPSA) is 39.4 Å². The van der Waals surface area contributed by atoms with Crippen molar-refractivity contribution in [3.8, 4) is 16.5 Å². The molecular formula is C15H15N3OS. The number of imidazole rings is 1.